The molecule has 2 heterocycles. The lowest BCUT2D eigenvalue weighted by Crippen LogP contribution is -2.38. The molecule has 0 aliphatic carbocycles. The molecule has 0 fully saturated rings. The molecule has 1 aliphatic heterocycles. The third kappa shape index (κ3) is 8.58. The fourth-order valence-corrected chi connectivity index (χ4v) is 2.69. The van der Waals surface area contributed by atoms with Crippen LogP contribution < -0.4 is 24.8 Å². The van der Waals surface area contributed by atoms with Crippen LogP contribution in [0.4, 0.5) is 31.1 Å². The summed E-state index contributed by atoms with van der Waals surface area (Å²) in [7, 11) is 0. The summed E-state index contributed by atoms with van der Waals surface area (Å²) in [6.07, 6.45) is -8.10. The summed E-state index contributed by atoms with van der Waals surface area (Å²) in [6.45, 7) is 2.48. The van der Waals surface area contributed by atoms with E-state index in [2.05, 4.69) is 25.1 Å². The molecule has 0 radical (unpaired) electrons. The molecule has 7 nitrogen and oxygen atoms in total. The minimum Gasteiger partial charge on any atom is -0.491 e. The van der Waals surface area contributed by atoms with E-state index in [1.807, 2.05) is 13.8 Å². The van der Waals surface area contributed by atoms with Gasteiger partial charge in [-0.2, -0.15) is 13.2 Å². The van der Waals surface area contributed by atoms with Crippen molar-refractivity contribution in [1.29, 1.82) is 0 Å². The Morgan fingerprint density at radius 3 is 2.55 bits per heavy atom. The van der Waals surface area contributed by atoms with Crippen molar-refractivity contribution in [1.82, 2.24) is 15.6 Å². The maximum Gasteiger partial charge on any atom is 0.573 e. The molecule has 2 aromatic rings. The average Bonchev–Trinajstić information content (AvgIpc) is 3.13. The topological polar surface area (TPSA) is 81.7 Å². The highest BCUT2D eigenvalue weighted by Gasteiger charge is 2.33. The van der Waals surface area contributed by atoms with Crippen molar-refractivity contribution >= 4 is 6.03 Å². The van der Waals surface area contributed by atoms with Gasteiger partial charge in [0.05, 0.1) is 6.04 Å². The second-order valence-electron chi connectivity index (χ2n) is 6.34. The van der Waals surface area contributed by atoms with Gasteiger partial charge in [-0.25, -0.2) is 9.78 Å². The molecule has 2 N–H and O–H groups in total. The fourth-order valence-electron chi connectivity index (χ4n) is 2.69. The summed E-state index contributed by atoms with van der Waals surface area (Å²) >= 11 is 0. The van der Waals surface area contributed by atoms with Gasteiger partial charge >= 0.3 is 18.6 Å². The van der Waals surface area contributed by atoms with Crippen LogP contribution in [0.5, 0.6) is 17.4 Å². The lowest BCUT2D eigenvalue weighted by molar-refractivity contribution is -0.274. The van der Waals surface area contributed by atoms with Crippen LogP contribution in [0, 0.1) is 0 Å². The van der Waals surface area contributed by atoms with Crippen LogP contribution in [0.15, 0.2) is 36.5 Å². The number of pyridine rings is 1. The summed E-state index contributed by atoms with van der Waals surface area (Å²) in [5.74, 6) is -0.544. The van der Waals surface area contributed by atoms with Crippen molar-refractivity contribution in [2.45, 2.75) is 39.0 Å². The van der Waals surface area contributed by atoms with Gasteiger partial charge < -0.3 is 24.8 Å². The number of carbonyl (C=O) groups excluding carboxylic acids is 1. The highest BCUT2D eigenvalue weighted by Crippen LogP contribution is 2.36. The number of hydrogen-bond donors (Lipinski definition) is 2. The van der Waals surface area contributed by atoms with Crippen LogP contribution in [0.1, 0.15) is 31.0 Å². The summed E-state index contributed by atoms with van der Waals surface area (Å²) in [5.41, 5.74) is 0.913. The van der Waals surface area contributed by atoms with Crippen LogP contribution in [0.2, 0.25) is 0 Å². The molecular formula is C20H21F6N3O4. The molecule has 0 spiro atoms. The van der Waals surface area contributed by atoms with Crippen molar-refractivity contribution in [2.75, 3.05) is 13.2 Å². The number of aromatic nitrogens is 1. The Kier molecular flexibility index (Phi) is 8.60. The van der Waals surface area contributed by atoms with Gasteiger partial charge in [0.1, 0.15) is 18.1 Å². The lowest BCUT2D eigenvalue weighted by atomic mass is 10.1. The number of halogens is 6. The van der Waals surface area contributed by atoms with E-state index in [9.17, 15) is 31.1 Å². The minimum absolute atomic E-state index is 0.00289. The summed E-state index contributed by atoms with van der Waals surface area (Å²) in [5, 5.41) is 5.11. The number of carbonyl (C=O) groups is 1. The van der Waals surface area contributed by atoms with Gasteiger partial charge in [0.15, 0.2) is 6.61 Å². The third-order valence-corrected chi connectivity index (χ3v) is 3.94. The van der Waals surface area contributed by atoms with E-state index in [0.717, 1.165) is 12.1 Å². The van der Waals surface area contributed by atoms with Crippen LogP contribution in [0.3, 0.4) is 0 Å². The first-order valence-corrected chi connectivity index (χ1v) is 9.70. The highest BCUT2D eigenvalue weighted by atomic mass is 19.4. The fraction of sp³-hybridized carbons (Fsp3) is 0.400. The van der Waals surface area contributed by atoms with Gasteiger partial charge in [-0.15, -0.1) is 13.2 Å². The van der Waals surface area contributed by atoms with E-state index in [1.54, 1.807) is 0 Å². The number of nitrogens with zero attached hydrogens (tertiary/aromatic N) is 1. The van der Waals surface area contributed by atoms with Gasteiger partial charge in [-0.3, -0.25) is 0 Å². The Morgan fingerprint density at radius 1 is 1.15 bits per heavy atom. The van der Waals surface area contributed by atoms with Gasteiger partial charge in [0, 0.05) is 30.4 Å². The molecule has 0 saturated heterocycles. The number of rotatable bonds is 6. The molecule has 13 heteroatoms. The van der Waals surface area contributed by atoms with E-state index in [-0.39, 0.29) is 24.8 Å². The minimum atomic E-state index is -4.84. The quantitative estimate of drug-likeness (QED) is 0.575. The van der Waals surface area contributed by atoms with Crippen molar-refractivity contribution in [3.05, 3.63) is 47.7 Å². The van der Waals surface area contributed by atoms with E-state index >= 15 is 0 Å². The summed E-state index contributed by atoms with van der Waals surface area (Å²) in [6, 6.07) is 5.03. The molecule has 0 saturated carbocycles. The van der Waals surface area contributed by atoms with E-state index < -0.39 is 37.0 Å². The normalized spacial score (nSPS) is 14.8. The largest absolute Gasteiger partial charge is 0.573 e. The van der Waals surface area contributed by atoms with E-state index in [4.69, 9.17) is 4.74 Å². The number of alkyl halides is 6. The first kappa shape index (κ1) is 25.9. The highest BCUT2D eigenvalue weighted by molar-refractivity contribution is 5.74. The van der Waals surface area contributed by atoms with Crippen molar-refractivity contribution in [3.8, 4) is 17.4 Å². The smallest absolute Gasteiger partial charge is 0.491 e. The molecule has 1 unspecified atom stereocenters. The zero-order valence-corrected chi connectivity index (χ0v) is 17.5. The molecule has 1 atom stereocenters. The Morgan fingerprint density at radius 2 is 1.88 bits per heavy atom. The number of urea groups is 1. The molecule has 0 bridgehead atoms. The number of hydrogen-bond acceptors (Lipinski definition) is 5. The Hall–Kier alpha value is -3.38. The number of nitrogens with one attached hydrogen (secondary N) is 2. The van der Waals surface area contributed by atoms with Crippen LogP contribution in [-0.2, 0) is 6.54 Å². The first-order chi connectivity index (χ1) is 15.5. The molecule has 3 rings (SSSR count). The Labute approximate surface area is 185 Å². The molecule has 1 aromatic carbocycles. The molecule has 1 aliphatic rings. The standard InChI is InChI=1S/C18H15F6N3O4.C2H6/c19-17(20,21)9-30-15-5-10(3-4-25-15)7-26-16(28)27-13-8-29-14-6-11(1-2-12(13)14)31-18(22,23)24;1-2/h1-6,13H,7-9H2,(H2,26,27,28);1-2H3. The number of ether oxygens (including phenoxy) is 3. The van der Waals surface area contributed by atoms with Crippen LogP contribution in [0.25, 0.3) is 0 Å². The molecule has 1 aromatic heterocycles. The zero-order chi connectivity index (χ0) is 24.6. The Balaban J connectivity index is 0.00000187. The number of fused-ring (bicyclic) bond motifs is 1. The van der Waals surface area contributed by atoms with Crippen molar-refractivity contribution < 1.29 is 45.3 Å². The predicted molar refractivity (Wildman–Crippen MR) is 104 cm³/mol. The van der Waals surface area contributed by atoms with Gasteiger partial charge in [0.25, 0.3) is 0 Å². The van der Waals surface area contributed by atoms with Crippen LogP contribution >= 0.6 is 0 Å². The maximum atomic E-state index is 12.3. The van der Waals surface area contributed by atoms with Crippen molar-refractivity contribution in [3.63, 3.8) is 0 Å². The van der Waals surface area contributed by atoms with E-state index in [0.29, 0.717) is 11.1 Å². The second kappa shape index (κ2) is 11.0. The first-order valence-electron chi connectivity index (χ1n) is 9.70. The molecular weight excluding hydrogens is 460 g/mol. The maximum absolute atomic E-state index is 12.3. The average molecular weight is 481 g/mol. The predicted octanol–water partition coefficient (Wildman–Crippen LogP) is 4.88. The molecule has 33 heavy (non-hydrogen) atoms. The number of benzene rings is 1. The van der Waals surface area contributed by atoms with E-state index in [1.165, 1.54) is 24.4 Å². The van der Waals surface area contributed by atoms with Gasteiger partial charge in [0.2, 0.25) is 5.88 Å². The SMILES string of the molecule is CC.O=C(NCc1ccnc(OCC(F)(F)F)c1)NC1COc2cc(OC(F)(F)F)ccc21. The monoisotopic (exact) mass is 481 g/mol. The van der Waals surface area contributed by atoms with Crippen LogP contribution in [-0.4, -0.2) is 36.8 Å². The molecule has 2 amide bonds. The zero-order valence-electron chi connectivity index (χ0n) is 17.5. The lowest BCUT2D eigenvalue weighted by Gasteiger charge is -2.14. The second-order valence-corrected chi connectivity index (χ2v) is 6.34. The van der Waals surface area contributed by atoms with Gasteiger partial charge in [-0.05, 0) is 23.8 Å². The van der Waals surface area contributed by atoms with Crippen molar-refractivity contribution in [2.24, 2.45) is 0 Å². The summed E-state index contributed by atoms with van der Waals surface area (Å²) < 4.78 is 87.2. The molecule has 182 valence electrons. The Bertz CT molecular complexity index is 937. The number of amides is 2. The third-order valence-electron chi connectivity index (χ3n) is 3.94. The summed E-state index contributed by atoms with van der Waals surface area (Å²) in [4.78, 5) is 15.8. The van der Waals surface area contributed by atoms with Gasteiger partial charge in [-0.1, -0.05) is 13.8 Å².